The van der Waals surface area contributed by atoms with Crippen LogP contribution in [0, 0.1) is 5.82 Å². The zero-order valence-corrected chi connectivity index (χ0v) is 20.8. The summed E-state index contributed by atoms with van der Waals surface area (Å²) < 4.78 is 24.9. The number of aromatic nitrogens is 1. The molecule has 37 heavy (non-hydrogen) atoms. The Morgan fingerprint density at radius 3 is 2.65 bits per heavy atom. The van der Waals surface area contributed by atoms with E-state index in [4.69, 9.17) is 33.0 Å². The van der Waals surface area contributed by atoms with Gasteiger partial charge in [-0.2, -0.15) is 0 Å². The van der Waals surface area contributed by atoms with Crippen LogP contribution in [0.2, 0.25) is 5.02 Å². The average Bonchev–Trinajstić information content (AvgIpc) is 3.31. The molecule has 9 heteroatoms. The number of halogens is 2. The maximum absolute atomic E-state index is 13.4. The van der Waals surface area contributed by atoms with Crippen LogP contribution in [0.25, 0.3) is 22.6 Å². The second-order valence-corrected chi connectivity index (χ2v) is 8.85. The molecule has 6 nitrogen and oxygen atoms in total. The number of hydrogen-bond acceptors (Lipinski definition) is 5. The molecule has 2 N–H and O–H groups in total. The fourth-order valence-electron chi connectivity index (χ4n) is 3.59. The number of ether oxygens (including phenoxy) is 1. The number of rotatable bonds is 6. The zero-order valence-electron chi connectivity index (χ0n) is 19.2. The molecule has 1 heterocycles. The summed E-state index contributed by atoms with van der Waals surface area (Å²) in [5.74, 6) is 0.0167. The predicted octanol–water partition coefficient (Wildman–Crippen LogP) is 6.99. The third-order valence-corrected chi connectivity index (χ3v) is 5.90. The number of anilines is 1. The van der Waals surface area contributed by atoms with Gasteiger partial charge in [0, 0.05) is 11.3 Å². The molecular weight excluding hydrogens is 513 g/mol. The van der Waals surface area contributed by atoms with Crippen molar-refractivity contribution in [3.8, 4) is 17.2 Å². The molecule has 0 aliphatic heterocycles. The Hall–Kier alpha value is -4.27. The third kappa shape index (κ3) is 5.94. The number of nitrogens with one attached hydrogen (secondary N) is 2. The van der Waals surface area contributed by atoms with Gasteiger partial charge in [-0.15, -0.1) is 0 Å². The van der Waals surface area contributed by atoms with E-state index >= 15 is 0 Å². The summed E-state index contributed by atoms with van der Waals surface area (Å²) in [6.45, 7) is 0.394. The van der Waals surface area contributed by atoms with Gasteiger partial charge in [0.05, 0.1) is 10.6 Å². The minimum Gasteiger partial charge on any atom is -0.489 e. The average molecular weight is 532 g/mol. The summed E-state index contributed by atoms with van der Waals surface area (Å²) >= 11 is 11.5. The van der Waals surface area contributed by atoms with Gasteiger partial charge in [-0.1, -0.05) is 48.0 Å². The van der Waals surface area contributed by atoms with Crippen molar-refractivity contribution in [1.29, 1.82) is 0 Å². The smallest absolute Gasteiger partial charge is 0.257 e. The number of carbonyl (C=O) groups is 1. The number of oxazole rings is 1. The summed E-state index contributed by atoms with van der Waals surface area (Å²) in [7, 11) is 0. The first kappa shape index (κ1) is 24.4. The van der Waals surface area contributed by atoms with Crippen LogP contribution in [0.1, 0.15) is 15.9 Å². The first-order valence-corrected chi connectivity index (χ1v) is 12.0. The molecule has 5 rings (SSSR count). The number of nitrogens with zero attached hydrogens (tertiary/aromatic N) is 1. The quantitative estimate of drug-likeness (QED) is 0.230. The molecule has 0 fully saturated rings. The van der Waals surface area contributed by atoms with Crippen LogP contribution in [0.4, 0.5) is 10.1 Å². The lowest BCUT2D eigenvalue weighted by molar-refractivity contribution is 0.0977. The molecule has 1 amide bonds. The molecule has 4 aromatic carbocycles. The molecule has 0 radical (unpaired) electrons. The fraction of sp³-hybridized carbons (Fsp3) is 0.0357. The molecule has 0 bridgehead atoms. The lowest BCUT2D eigenvalue weighted by Crippen LogP contribution is -2.34. The van der Waals surface area contributed by atoms with Gasteiger partial charge in [0.1, 0.15) is 23.7 Å². The normalized spacial score (nSPS) is 10.8. The highest BCUT2D eigenvalue weighted by molar-refractivity contribution is 7.80. The van der Waals surface area contributed by atoms with E-state index < -0.39 is 5.82 Å². The molecule has 5 aromatic rings. The van der Waals surface area contributed by atoms with Crippen LogP contribution in [0.15, 0.2) is 95.4 Å². The number of benzene rings is 4. The zero-order chi connectivity index (χ0) is 25.8. The number of fused-ring (bicyclic) bond motifs is 1. The first-order valence-electron chi connectivity index (χ1n) is 11.2. The lowest BCUT2D eigenvalue weighted by Gasteiger charge is -2.11. The number of amides is 1. The first-order chi connectivity index (χ1) is 17.9. The minimum absolute atomic E-state index is 0.116. The van der Waals surface area contributed by atoms with Gasteiger partial charge in [0.2, 0.25) is 5.89 Å². The molecule has 0 saturated heterocycles. The van der Waals surface area contributed by atoms with Crippen molar-refractivity contribution in [3.63, 3.8) is 0 Å². The van der Waals surface area contributed by atoms with E-state index in [9.17, 15) is 9.18 Å². The van der Waals surface area contributed by atoms with Crippen molar-refractivity contribution in [2.75, 3.05) is 5.32 Å². The Labute approximate surface area is 222 Å². The molecule has 0 saturated carbocycles. The highest BCUT2D eigenvalue weighted by Gasteiger charge is 2.14. The van der Waals surface area contributed by atoms with E-state index in [0.717, 1.165) is 5.56 Å². The second kappa shape index (κ2) is 10.8. The largest absolute Gasteiger partial charge is 0.489 e. The molecular formula is C28H19ClFN3O3S. The molecule has 0 aliphatic carbocycles. The van der Waals surface area contributed by atoms with E-state index in [-0.39, 0.29) is 21.9 Å². The standard InChI is InChI=1S/C28H19ClFN3O3S/c29-23-14-19(30)9-11-22(23)27-32-24-15-20(10-12-25(24)36-27)31-28(37)33-26(34)18-7-4-8-21(13-18)35-16-17-5-2-1-3-6-17/h1-15H,16H2,(H2,31,33,34,37). The summed E-state index contributed by atoms with van der Waals surface area (Å²) in [4.78, 5) is 17.2. The van der Waals surface area contributed by atoms with E-state index in [1.165, 1.54) is 18.2 Å². The predicted molar refractivity (Wildman–Crippen MR) is 145 cm³/mol. The van der Waals surface area contributed by atoms with Gasteiger partial charge in [0.15, 0.2) is 10.7 Å². The van der Waals surface area contributed by atoms with E-state index in [1.54, 1.807) is 42.5 Å². The van der Waals surface area contributed by atoms with E-state index in [2.05, 4.69) is 15.6 Å². The third-order valence-electron chi connectivity index (χ3n) is 5.38. The van der Waals surface area contributed by atoms with Crippen molar-refractivity contribution < 1.29 is 18.3 Å². The monoisotopic (exact) mass is 531 g/mol. The summed E-state index contributed by atoms with van der Waals surface area (Å²) in [5.41, 5.74) is 3.57. The van der Waals surface area contributed by atoms with Gasteiger partial charge < -0.3 is 14.5 Å². The van der Waals surface area contributed by atoms with Crippen molar-refractivity contribution >= 4 is 51.6 Å². The SMILES string of the molecule is O=C(NC(=S)Nc1ccc2oc(-c3ccc(F)cc3Cl)nc2c1)c1cccc(OCc2ccccc2)c1. The van der Waals surface area contributed by atoms with Gasteiger partial charge in [-0.3, -0.25) is 10.1 Å². The number of hydrogen-bond donors (Lipinski definition) is 2. The maximum Gasteiger partial charge on any atom is 0.257 e. The van der Waals surface area contributed by atoms with Crippen LogP contribution in [0.5, 0.6) is 5.75 Å². The highest BCUT2D eigenvalue weighted by Crippen LogP contribution is 2.31. The Morgan fingerprint density at radius 2 is 1.84 bits per heavy atom. The molecule has 0 spiro atoms. The topological polar surface area (TPSA) is 76.4 Å². The van der Waals surface area contributed by atoms with Gasteiger partial charge >= 0.3 is 0 Å². The lowest BCUT2D eigenvalue weighted by atomic mass is 10.2. The maximum atomic E-state index is 13.4. The second-order valence-electron chi connectivity index (χ2n) is 8.04. The van der Waals surface area contributed by atoms with E-state index in [0.29, 0.717) is 40.3 Å². The van der Waals surface area contributed by atoms with Crippen LogP contribution in [-0.4, -0.2) is 16.0 Å². The summed E-state index contributed by atoms with van der Waals surface area (Å²) in [6.07, 6.45) is 0. The van der Waals surface area contributed by atoms with Crippen LogP contribution in [-0.2, 0) is 6.61 Å². The van der Waals surface area contributed by atoms with Crippen LogP contribution < -0.4 is 15.4 Å². The molecule has 0 atom stereocenters. The highest BCUT2D eigenvalue weighted by atomic mass is 35.5. The van der Waals surface area contributed by atoms with Gasteiger partial charge in [-0.25, -0.2) is 9.37 Å². The van der Waals surface area contributed by atoms with Crippen LogP contribution in [0.3, 0.4) is 0 Å². The number of thiocarbonyl (C=S) groups is 1. The summed E-state index contributed by atoms with van der Waals surface area (Å²) in [5, 5.41) is 5.95. The van der Waals surface area contributed by atoms with Crippen molar-refractivity contribution in [2.45, 2.75) is 6.61 Å². The molecule has 0 aliphatic rings. The minimum atomic E-state index is -0.446. The van der Waals surface area contributed by atoms with Crippen molar-refractivity contribution in [3.05, 3.63) is 113 Å². The van der Waals surface area contributed by atoms with Gasteiger partial charge in [0.25, 0.3) is 5.91 Å². The van der Waals surface area contributed by atoms with Crippen LogP contribution >= 0.6 is 23.8 Å². The Morgan fingerprint density at radius 1 is 1.00 bits per heavy atom. The Bertz CT molecular complexity index is 1610. The molecule has 1 aromatic heterocycles. The molecule has 0 unspecified atom stereocenters. The summed E-state index contributed by atoms with van der Waals surface area (Å²) in [6, 6.07) is 25.8. The molecule has 184 valence electrons. The Kier molecular flexibility index (Phi) is 7.11. The van der Waals surface area contributed by atoms with Crippen molar-refractivity contribution in [1.82, 2.24) is 10.3 Å². The Balaban J connectivity index is 1.23. The van der Waals surface area contributed by atoms with Crippen molar-refractivity contribution in [2.24, 2.45) is 0 Å². The van der Waals surface area contributed by atoms with Gasteiger partial charge in [-0.05, 0) is 72.4 Å². The fourth-order valence-corrected chi connectivity index (χ4v) is 4.05. The van der Waals surface area contributed by atoms with E-state index in [1.807, 2.05) is 30.3 Å². The number of carbonyl (C=O) groups excluding carboxylic acids is 1.